The lowest BCUT2D eigenvalue weighted by atomic mass is 10.2. The van der Waals surface area contributed by atoms with Crippen LogP contribution in [-0.2, 0) is 9.53 Å². The number of halogens is 2. The molecule has 132 valence electrons. The molecule has 3 rings (SSSR count). The molecule has 5 nitrogen and oxygen atoms in total. The minimum absolute atomic E-state index is 0.114. The number of nitrogens with zero attached hydrogens (tertiary/aromatic N) is 1. The van der Waals surface area contributed by atoms with E-state index in [4.69, 9.17) is 27.9 Å². The second kappa shape index (κ2) is 8.43. The first-order valence-corrected chi connectivity index (χ1v) is 8.80. The van der Waals surface area contributed by atoms with E-state index in [1.807, 2.05) is 24.3 Å². The van der Waals surface area contributed by atoms with Crippen LogP contribution in [0.5, 0.6) is 0 Å². The molecule has 1 amide bonds. The molecule has 0 atom stereocenters. The van der Waals surface area contributed by atoms with Crippen LogP contribution in [0.1, 0.15) is 0 Å². The third-order valence-corrected chi connectivity index (χ3v) is 4.55. The number of morpholine rings is 1. The van der Waals surface area contributed by atoms with E-state index < -0.39 is 0 Å². The van der Waals surface area contributed by atoms with Crippen LogP contribution >= 0.6 is 23.2 Å². The number of ether oxygens (including phenoxy) is 1. The van der Waals surface area contributed by atoms with Gasteiger partial charge in [0.25, 0.3) is 0 Å². The van der Waals surface area contributed by atoms with E-state index in [9.17, 15) is 4.79 Å². The van der Waals surface area contributed by atoms with E-state index in [0.29, 0.717) is 28.9 Å². The normalized spacial score (nSPS) is 14.2. The molecule has 1 heterocycles. The van der Waals surface area contributed by atoms with Crippen LogP contribution in [0.25, 0.3) is 0 Å². The smallest absolute Gasteiger partial charge is 0.243 e. The average molecular weight is 380 g/mol. The van der Waals surface area contributed by atoms with Crippen LogP contribution in [0.3, 0.4) is 0 Å². The zero-order valence-electron chi connectivity index (χ0n) is 13.6. The van der Waals surface area contributed by atoms with Gasteiger partial charge in [-0.05, 0) is 24.3 Å². The molecule has 1 aliphatic heterocycles. The monoisotopic (exact) mass is 379 g/mol. The van der Waals surface area contributed by atoms with Crippen molar-refractivity contribution in [2.24, 2.45) is 0 Å². The molecule has 0 saturated carbocycles. The van der Waals surface area contributed by atoms with Crippen LogP contribution in [0, 0.1) is 0 Å². The van der Waals surface area contributed by atoms with Crippen molar-refractivity contribution in [2.75, 3.05) is 48.4 Å². The van der Waals surface area contributed by atoms with Gasteiger partial charge < -0.3 is 20.3 Å². The lowest BCUT2D eigenvalue weighted by Gasteiger charge is -2.30. The van der Waals surface area contributed by atoms with Crippen molar-refractivity contribution in [3.05, 3.63) is 52.5 Å². The van der Waals surface area contributed by atoms with E-state index in [1.54, 1.807) is 18.2 Å². The predicted octanol–water partition coefficient (Wildman–Crippen LogP) is 3.88. The Morgan fingerprint density at radius 2 is 1.72 bits per heavy atom. The first-order chi connectivity index (χ1) is 12.1. The number of rotatable bonds is 5. The molecule has 1 saturated heterocycles. The summed E-state index contributed by atoms with van der Waals surface area (Å²) in [6.07, 6.45) is 0. The van der Waals surface area contributed by atoms with Gasteiger partial charge in [0.1, 0.15) is 0 Å². The highest BCUT2D eigenvalue weighted by Crippen LogP contribution is 2.30. The molecule has 1 fully saturated rings. The highest BCUT2D eigenvalue weighted by atomic mass is 35.5. The summed E-state index contributed by atoms with van der Waals surface area (Å²) in [6, 6.07) is 13.0. The molecule has 0 aliphatic carbocycles. The molecular formula is C18H19Cl2N3O2. The molecule has 0 spiro atoms. The maximum Gasteiger partial charge on any atom is 0.243 e. The van der Waals surface area contributed by atoms with E-state index in [2.05, 4.69) is 15.5 Å². The summed E-state index contributed by atoms with van der Waals surface area (Å²) in [6.45, 7) is 3.20. The number of carbonyl (C=O) groups excluding carboxylic acids is 1. The summed E-state index contributed by atoms with van der Waals surface area (Å²) in [5.41, 5.74) is 2.40. The molecule has 7 heteroatoms. The van der Waals surface area contributed by atoms with Gasteiger partial charge in [-0.25, -0.2) is 0 Å². The Kier molecular flexibility index (Phi) is 6.02. The number of nitrogens with one attached hydrogen (secondary N) is 2. The highest BCUT2D eigenvalue weighted by molar-refractivity contribution is 6.39. The first-order valence-electron chi connectivity index (χ1n) is 8.04. The largest absolute Gasteiger partial charge is 0.378 e. The van der Waals surface area contributed by atoms with Crippen molar-refractivity contribution < 1.29 is 9.53 Å². The van der Waals surface area contributed by atoms with Gasteiger partial charge in [-0.2, -0.15) is 0 Å². The van der Waals surface area contributed by atoms with Crippen molar-refractivity contribution in [1.82, 2.24) is 0 Å². The first kappa shape index (κ1) is 17.9. The van der Waals surface area contributed by atoms with Gasteiger partial charge in [0, 0.05) is 13.1 Å². The zero-order valence-corrected chi connectivity index (χ0v) is 15.1. The second-order valence-electron chi connectivity index (χ2n) is 5.61. The lowest BCUT2D eigenvalue weighted by molar-refractivity contribution is -0.114. The maximum absolute atomic E-state index is 12.3. The molecule has 2 aromatic carbocycles. The summed E-state index contributed by atoms with van der Waals surface area (Å²) >= 11 is 12.2. The predicted molar refractivity (Wildman–Crippen MR) is 103 cm³/mol. The van der Waals surface area contributed by atoms with E-state index >= 15 is 0 Å². The van der Waals surface area contributed by atoms with Crippen molar-refractivity contribution in [2.45, 2.75) is 0 Å². The van der Waals surface area contributed by atoms with Gasteiger partial charge in [-0.15, -0.1) is 0 Å². The summed E-state index contributed by atoms with van der Waals surface area (Å²) in [5, 5.41) is 6.76. The fourth-order valence-electron chi connectivity index (χ4n) is 2.68. The molecule has 0 radical (unpaired) electrons. The average Bonchev–Trinajstić information content (AvgIpc) is 2.64. The fourth-order valence-corrected chi connectivity index (χ4v) is 3.17. The SMILES string of the molecule is O=C(CNc1ccccc1N1CCOCC1)Nc1c(Cl)cccc1Cl. The van der Waals surface area contributed by atoms with E-state index in [0.717, 1.165) is 24.5 Å². The summed E-state index contributed by atoms with van der Waals surface area (Å²) in [5.74, 6) is -0.216. The van der Waals surface area contributed by atoms with Crippen LogP contribution in [-0.4, -0.2) is 38.8 Å². The second-order valence-corrected chi connectivity index (χ2v) is 6.43. The number of carbonyl (C=O) groups is 1. The Morgan fingerprint density at radius 3 is 2.44 bits per heavy atom. The number of hydrogen-bond acceptors (Lipinski definition) is 4. The minimum atomic E-state index is -0.216. The van der Waals surface area contributed by atoms with Crippen molar-refractivity contribution in [3.63, 3.8) is 0 Å². The molecule has 0 aromatic heterocycles. The molecule has 0 unspecified atom stereocenters. The van der Waals surface area contributed by atoms with Gasteiger partial charge in [-0.3, -0.25) is 4.79 Å². The van der Waals surface area contributed by atoms with Gasteiger partial charge in [0.05, 0.1) is 46.9 Å². The quantitative estimate of drug-likeness (QED) is 0.827. The van der Waals surface area contributed by atoms with Gasteiger partial charge in [0.2, 0.25) is 5.91 Å². The van der Waals surface area contributed by atoms with Gasteiger partial charge in [0.15, 0.2) is 0 Å². The molecule has 25 heavy (non-hydrogen) atoms. The topological polar surface area (TPSA) is 53.6 Å². The Balaban J connectivity index is 1.64. The van der Waals surface area contributed by atoms with Crippen LogP contribution in [0.15, 0.2) is 42.5 Å². The lowest BCUT2D eigenvalue weighted by Crippen LogP contribution is -2.36. The van der Waals surface area contributed by atoms with Gasteiger partial charge >= 0.3 is 0 Å². The van der Waals surface area contributed by atoms with Crippen molar-refractivity contribution in [3.8, 4) is 0 Å². The van der Waals surface area contributed by atoms with Gasteiger partial charge in [-0.1, -0.05) is 41.4 Å². The van der Waals surface area contributed by atoms with E-state index in [-0.39, 0.29) is 12.5 Å². The van der Waals surface area contributed by atoms with Crippen LogP contribution in [0.4, 0.5) is 17.1 Å². The van der Waals surface area contributed by atoms with Crippen LogP contribution < -0.4 is 15.5 Å². The molecule has 0 bridgehead atoms. The highest BCUT2D eigenvalue weighted by Gasteiger charge is 2.15. The van der Waals surface area contributed by atoms with E-state index in [1.165, 1.54) is 0 Å². The fraction of sp³-hybridized carbons (Fsp3) is 0.278. The number of amides is 1. The van der Waals surface area contributed by atoms with Crippen LogP contribution in [0.2, 0.25) is 10.0 Å². The third-order valence-electron chi connectivity index (χ3n) is 3.92. The number of para-hydroxylation sites is 3. The Bertz CT molecular complexity index is 729. The molecule has 1 aliphatic rings. The third kappa shape index (κ3) is 4.57. The molecule has 2 aromatic rings. The summed E-state index contributed by atoms with van der Waals surface area (Å²) in [7, 11) is 0. The Hall–Kier alpha value is -1.95. The number of anilines is 3. The summed E-state index contributed by atoms with van der Waals surface area (Å²) < 4.78 is 5.40. The standard InChI is InChI=1S/C18H19Cl2N3O2/c19-13-4-3-5-14(20)18(13)22-17(24)12-21-15-6-1-2-7-16(15)23-8-10-25-11-9-23/h1-7,21H,8-12H2,(H,22,24). The number of hydrogen-bond donors (Lipinski definition) is 2. The van der Waals surface area contributed by atoms with Crippen molar-refractivity contribution in [1.29, 1.82) is 0 Å². The maximum atomic E-state index is 12.3. The molecule has 2 N–H and O–H groups in total. The molecular weight excluding hydrogens is 361 g/mol. The Labute approximate surface area is 156 Å². The zero-order chi connectivity index (χ0) is 17.6. The minimum Gasteiger partial charge on any atom is -0.378 e. The Morgan fingerprint density at radius 1 is 1.04 bits per heavy atom. The number of benzene rings is 2. The van der Waals surface area contributed by atoms with Crippen molar-refractivity contribution >= 4 is 46.2 Å². The summed E-state index contributed by atoms with van der Waals surface area (Å²) in [4.78, 5) is 14.5.